The van der Waals surface area contributed by atoms with Crippen LogP contribution in [-0.4, -0.2) is 45.8 Å². The monoisotopic (exact) mass is 319 g/mol. The SMILES string of the molecule is Cc1cn2nc(N3CCN(c4ccc(C#N)cn4)CC3)ccc2n1. The molecule has 0 amide bonds. The molecule has 1 aliphatic rings. The summed E-state index contributed by atoms with van der Waals surface area (Å²) in [5.74, 6) is 1.88. The van der Waals surface area contributed by atoms with E-state index in [1.165, 1.54) is 0 Å². The van der Waals surface area contributed by atoms with Crippen LogP contribution < -0.4 is 9.80 Å². The number of hydrogen-bond acceptors (Lipinski definition) is 6. The summed E-state index contributed by atoms with van der Waals surface area (Å²) in [7, 11) is 0. The van der Waals surface area contributed by atoms with E-state index >= 15 is 0 Å². The average Bonchev–Trinajstić information content (AvgIpc) is 3.01. The highest BCUT2D eigenvalue weighted by Crippen LogP contribution is 2.18. The Bertz CT molecular complexity index is 899. The summed E-state index contributed by atoms with van der Waals surface area (Å²) < 4.78 is 1.83. The fourth-order valence-electron chi connectivity index (χ4n) is 2.96. The molecule has 1 aliphatic heterocycles. The Morgan fingerprint density at radius 1 is 1.00 bits per heavy atom. The van der Waals surface area contributed by atoms with E-state index < -0.39 is 0 Å². The van der Waals surface area contributed by atoms with Crippen molar-refractivity contribution < 1.29 is 0 Å². The molecule has 4 rings (SSSR count). The number of piperazine rings is 1. The lowest BCUT2D eigenvalue weighted by atomic mass is 10.2. The van der Waals surface area contributed by atoms with Gasteiger partial charge < -0.3 is 9.80 Å². The second-order valence-corrected chi connectivity index (χ2v) is 5.87. The zero-order chi connectivity index (χ0) is 16.5. The fraction of sp³-hybridized carbons (Fsp3) is 0.294. The molecule has 24 heavy (non-hydrogen) atoms. The lowest BCUT2D eigenvalue weighted by Crippen LogP contribution is -2.47. The summed E-state index contributed by atoms with van der Waals surface area (Å²) in [6.45, 7) is 5.49. The first-order valence-electron chi connectivity index (χ1n) is 7.92. The first kappa shape index (κ1) is 14.5. The minimum Gasteiger partial charge on any atom is -0.353 e. The topological polar surface area (TPSA) is 73.3 Å². The highest BCUT2D eigenvalue weighted by atomic mass is 15.4. The molecule has 3 aromatic heterocycles. The van der Waals surface area contributed by atoms with E-state index in [0.29, 0.717) is 5.56 Å². The van der Waals surface area contributed by atoms with Crippen molar-refractivity contribution in [1.29, 1.82) is 5.26 Å². The van der Waals surface area contributed by atoms with Gasteiger partial charge in [0, 0.05) is 32.4 Å². The van der Waals surface area contributed by atoms with Crippen molar-refractivity contribution in [3.05, 3.63) is 47.9 Å². The van der Waals surface area contributed by atoms with Gasteiger partial charge in [-0.1, -0.05) is 0 Å². The normalized spacial score (nSPS) is 14.8. The standard InChI is InChI=1S/C17H17N7/c1-13-12-24-16(20-13)4-5-17(21-24)23-8-6-22(7-9-23)15-3-2-14(10-18)11-19-15/h2-5,11-12H,6-9H2,1H3. The minimum absolute atomic E-state index is 0.588. The van der Waals surface area contributed by atoms with Crippen LogP contribution >= 0.6 is 0 Å². The number of pyridine rings is 1. The Hall–Kier alpha value is -3.14. The van der Waals surface area contributed by atoms with E-state index in [1.54, 1.807) is 6.20 Å². The Balaban J connectivity index is 1.47. The van der Waals surface area contributed by atoms with Crippen molar-refractivity contribution >= 4 is 17.3 Å². The van der Waals surface area contributed by atoms with E-state index in [1.807, 2.05) is 41.9 Å². The van der Waals surface area contributed by atoms with Crippen LogP contribution in [0.15, 0.2) is 36.7 Å². The first-order chi connectivity index (χ1) is 11.7. The maximum Gasteiger partial charge on any atom is 0.153 e. The van der Waals surface area contributed by atoms with Gasteiger partial charge in [-0.05, 0) is 31.2 Å². The molecule has 0 aliphatic carbocycles. The van der Waals surface area contributed by atoms with Crippen LogP contribution in [0.1, 0.15) is 11.3 Å². The van der Waals surface area contributed by atoms with Gasteiger partial charge >= 0.3 is 0 Å². The van der Waals surface area contributed by atoms with E-state index in [4.69, 9.17) is 5.26 Å². The zero-order valence-electron chi connectivity index (χ0n) is 13.4. The molecule has 0 saturated carbocycles. The number of rotatable bonds is 2. The highest BCUT2D eigenvalue weighted by Gasteiger charge is 2.19. The van der Waals surface area contributed by atoms with E-state index in [2.05, 4.69) is 30.9 Å². The third kappa shape index (κ3) is 2.63. The summed E-state index contributed by atoms with van der Waals surface area (Å²) in [4.78, 5) is 13.3. The van der Waals surface area contributed by atoms with Gasteiger partial charge in [0.05, 0.1) is 17.5 Å². The third-order valence-electron chi connectivity index (χ3n) is 4.23. The molecule has 0 bridgehead atoms. The predicted molar refractivity (Wildman–Crippen MR) is 91.1 cm³/mol. The average molecular weight is 319 g/mol. The maximum atomic E-state index is 8.85. The van der Waals surface area contributed by atoms with Crippen molar-refractivity contribution in [2.45, 2.75) is 6.92 Å². The number of aryl methyl sites for hydroxylation is 1. The Labute approximate surface area is 139 Å². The summed E-state index contributed by atoms with van der Waals surface area (Å²) in [6, 6.07) is 9.85. The van der Waals surface area contributed by atoms with Crippen molar-refractivity contribution in [2.24, 2.45) is 0 Å². The van der Waals surface area contributed by atoms with Gasteiger partial charge in [-0.3, -0.25) is 0 Å². The molecule has 7 nitrogen and oxygen atoms in total. The molecule has 0 unspecified atom stereocenters. The van der Waals surface area contributed by atoms with Gasteiger partial charge in [0.2, 0.25) is 0 Å². The number of anilines is 2. The second-order valence-electron chi connectivity index (χ2n) is 5.87. The minimum atomic E-state index is 0.588. The van der Waals surface area contributed by atoms with Gasteiger partial charge in [0.1, 0.15) is 17.7 Å². The van der Waals surface area contributed by atoms with Crippen LogP contribution in [0.4, 0.5) is 11.6 Å². The molecule has 120 valence electrons. The lowest BCUT2D eigenvalue weighted by Gasteiger charge is -2.35. The summed E-state index contributed by atoms with van der Waals surface area (Å²) >= 11 is 0. The third-order valence-corrected chi connectivity index (χ3v) is 4.23. The number of aromatic nitrogens is 4. The quantitative estimate of drug-likeness (QED) is 0.715. The van der Waals surface area contributed by atoms with Crippen LogP contribution in [0.25, 0.3) is 5.65 Å². The van der Waals surface area contributed by atoms with Crippen LogP contribution in [0.5, 0.6) is 0 Å². The summed E-state index contributed by atoms with van der Waals surface area (Å²) in [6.07, 6.45) is 3.56. The Kier molecular flexibility index (Phi) is 3.50. The summed E-state index contributed by atoms with van der Waals surface area (Å²) in [5.41, 5.74) is 2.43. The molecule has 0 radical (unpaired) electrons. The van der Waals surface area contributed by atoms with Crippen molar-refractivity contribution in [3.8, 4) is 6.07 Å². The van der Waals surface area contributed by atoms with Gasteiger partial charge in [0.15, 0.2) is 5.65 Å². The molecule has 0 aromatic carbocycles. The second kappa shape index (κ2) is 5.81. The van der Waals surface area contributed by atoms with Gasteiger partial charge in [-0.2, -0.15) is 5.26 Å². The van der Waals surface area contributed by atoms with Gasteiger partial charge in [-0.15, -0.1) is 5.10 Å². The van der Waals surface area contributed by atoms with E-state index in [-0.39, 0.29) is 0 Å². The molecule has 1 fully saturated rings. The molecule has 7 heteroatoms. The molecular formula is C17H17N7. The number of fused-ring (bicyclic) bond motifs is 1. The van der Waals surface area contributed by atoms with E-state index in [9.17, 15) is 0 Å². The van der Waals surface area contributed by atoms with Gasteiger partial charge in [0.25, 0.3) is 0 Å². The van der Waals surface area contributed by atoms with Gasteiger partial charge in [-0.25, -0.2) is 14.5 Å². The van der Waals surface area contributed by atoms with Crippen LogP contribution in [0.3, 0.4) is 0 Å². The molecule has 0 spiro atoms. The van der Waals surface area contributed by atoms with E-state index in [0.717, 1.165) is 49.2 Å². The van der Waals surface area contributed by atoms with Crippen molar-refractivity contribution in [2.75, 3.05) is 36.0 Å². The molecule has 4 heterocycles. The van der Waals surface area contributed by atoms with Crippen LogP contribution in [0, 0.1) is 18.3 Å². The number of hydrogen-bond donors (Lipinski definition) is 0. The largest absolute Gasteiger partial charge is 0.353 e. The first-order valence-corrected chi connectivity index (χ1v) is 7.92. The van der Waals surface area contributed by atoms with Crippen molar-refractivity contribution in [3.63, 3.8) is 0 Å². The summed E-state index contributed by atoms with van der Waals surface area (Å²) in [5, 5.41) is 13.5. The number of nitrogens with zero attached hydrogens (tertiary/aromatic N) is 7. The van der Waals surface area contributed by atoms with Crippen LogP contribution in [-0.2, 0) is 0 Å². The molecule has 1 saturated heterocycles. The Morgan fingerprint density at radius 3 is 2.38 bits per heavy atom. The lowest BCUT2D eigenvalue weighted by molar-refractivity contribution is 0.636. The molecule has 0 N–H and O–H groups in total. The fourth-order valence-corrected chi connectivity index (χ4v) is 2.96. The van der Waals surface area contributed by atoms with Crippen molar-refractivity contribution in [1.82, 2.24) is 19.6 Å². The molecule has 0 atom stereocenters. The highest BCUT2D eigenvalue weighted by molar-refractivity contribution is 5.49. The molecule has 3 aromatic rings. The smallest absolute Gasteiger partial charge is 0.153 e. The Morgan fingerprint density at radius 2 is 1.71 bits per heavy atom. The zero-order valence-corrected chi connectivity index (χ0v) is 13.4. The maximum absolute atomic E-state index is 8.85. The predicted octanol–water partition coefficient (Wildman–Crippen LogP) is 1.63. The number of imidazole rings is 1. The molecular weight excluding hydrogens is 302 g/mol. The van der Waals surface area contributed by atoms with Crippen LogP contribution in [0.2, 0.25) is 0 Å². The number of nitriles is 1.